The normalized spacial score (nSPS) is 14.8. The summed E-state index contributed by atoms with van der Waals surface area (Å²) in [5.74, 6) is -1.01. The molecule has 2 N–H and O–H groups in total. The molecule has 1 fully saturated rings. The molecule has 0 saturated carbocycles. The van der Waals surface area contributed by atoms with E-state index in [1.807, 2.05) is 4.72 Å². The van der Waals surface area contributed by atoms with Crippen LogP contribution in [0.2, 0.25) is 0 Å². The molecule has 0 unspecified atom stereocenters. The molecule has 1 aliphatic heterocycles. The van der Waals surface area contributed by atoms with Crippen molar-refractivity contribution in [1.82, 2.24) is 9.62 Å². The molecule has 2 amide bonds. The van der Waals surface area contributed by atoms with Crippen molar-refractivity contribution in [2.24, 2.45) is 0 Å². The fourth-order valence-corrected chi connectivity index (χ4v) is 7.60. The number of allylic oxidation sites excluding steroid dienone is 1. The number of carbonyl (C=O) groups is 3. The number of thioether (sulfide) groups is 1. The number of carbonyl (C=O) groups excluding carboxylic acids is 3. The average molecular weight is 732 g/mol. The molecule has 254 valence electrons. The van der Waals surface area contributed by atoms with Gasteiger partial charge in [0.1, 0.15) is 16.5 Å². The van der Waals surface area contributed by atoms with Gasteiger partial charge in [0.05, 0.1) is 21.3 Å². The minimum Gasteiger partial charge on any atom is -0.465 e. The SMILES string of the molecule is CCOC(=O)CN1C(=O)/C(=C(\C)c2cccc(NS(=O)(=O)c3ccc(-c4ccc(S(=O)(=O)NC(=O)OC(C)(C)C)cc4)cc3)c2)SC1=S. The van der Waals surface area contributed by atoms with E-state index >= 15 is 0 Å². The highest BCUT2D eigenvalue weighted by Crippen LogP contribution is 2.37. The van der Waals surface area contributed by atoms with E-state index in [9.17, 15) is 31.2 Å². The molecule has 0 atom stereocenters. The molecule has 0 aliphatic carbocycles. The monoisotopic (exact) mass is 731 g/mol. The van der Waals surface area contributed by atoms with Gasteiger partial charge in [0.2, 0.25) is 0 Å². The highest BCUT2D eigenvalue weighted by Gasteiger charge is 2.35. The second kappa shape index (κ2) is 14.5. The predicted molar refractivity (Wildman–Crippen MR) is 187 cm³/mol. The highest BCUT2D eigenvalue weighted by molar-refractivity contribution is 8.26. The third kappa shape index (κ3) is 9.00. The van der Waals surface area contributed by atoms with Crippen molar-refractivity contribution in [3.8, 4) is 11.1 Å². The molecule has 0 radical (unpaired) electrons. The van der Waals surface area contributed by atoms with Crippen molar-refractivity contribution in [1.29, 1.82) is 0 Å². The lowest BCUT2D eigenvalue weighted by molar-refractivity contribution is -0.145. The summed E-state index contributed by atoms with van der Waals surface area (Å²) in [6.07, 6.45) is -1.09. The van der Waals surface area contributed by atoms with Crippen molar-refractivity contribution in [3.05, 3.63) is 83.3 Å². The maximum Gasteiger partial charge on any atom is 0.421 e. The first kappa shape index (κ1) is 36.6. The van der Waals surface area contributed by atoms with E-state index in [1.54, 1.807) is 71.0 Å². The maximum absolute atomic E-state index is 13.3. The van der Waals surface area contributed by atoms with Gasteiger partial charge < -0.3 is 9.47 Å². The van der Waals surface area contributed by atoms with Crippen LogP contribution in [0.5, 0.6) is 0 Å². The van der Waals surface area contributed by atoms with Crippen LogP contribution in [-0.2, 0) is 39.1 Å². The maximum atomic E-state index is 13.3. The van der Waals surface area contributed by atoms with Crippen LogP contribution >= 0.6 is 24.0 Å². The Morgan fingerprint density at radius 2 is 1.46 bits per heavy atom. The molecule has 1 aliphatic rings. The molecule has 1 saturated heterocycles. The van der Waals surface area contributed by atoms with Gasteiger partial charge in [-0.1, -0.05) is 60.4 Å². The van der Waals surface area contributed by atoms with Crippen LogP contribution in [0.25, 0.3) is 16.7 Å². The summed E-state index contributed by atoms with van der Waals surface area (Å²) in [6, 6.07) is 18.2. The highest BCUT2D eigenvalue weighted by atomic mass is 32.2. The number of ether oxygens (including phenoxy) is 2. The van der Waals surface area contributed by atoms with Gasteiger partial charge >= 0.3 is 12.1 Å². The number of nitrogens with one attached hydrogen (secondary N) is 2. The largest absolute Gasteiger partial charge is 0.465 e. The number of anilines is 1. The molecule has 3 aromatic carbocycles. The van der Waals surface area contributed by atoms with Crippen molar-refractivity contribution >= 4 is 77.6 Å². The number of esters is 1. The molecule has 4 rings (SSSR count). The first-order chi connectivity index (χ1) is 22.4. The number of amides is 2. The van der Waals surface area contributed by atoms with Crippen LogP contribution in [0.3, 0.4) is 0 Å². The van der Waals surface area contributed by atoms with E-state index in [4.69, 9.17) is 21.7 Å². The Morgan fingerprint density at radius 1 is 0.896 bits per heavy atom. The van der Waals surface area contributed by atoms with Crippen molar-refractivity contribution in [2.45, 2.75) is 50.0 Å². The van der Waals surface area contributed by atoms with Gasteiger partial charge in [-0.15, -0.1) is 0 Å². The third-order valence-electron chi connectivity index (χ3n) is 6.61. The van der Waals surface area contributed by atoms with Gasteiger partial charge in [0.15, 0.2) is 0 Å². The Kier molecular flexibility index (Phi) is 11.0. The van der Waals surface area contributed by atoms with E-state index in [-0.39, 0.29) is 33.0 Å². The van der Waals surface area contributed by atoms with Gasteiger partial charge in [0, 0.05) is 5.69 Å². The number of sulfonamides is 2. The summed E-state index contributed by atoms with van der Waals surface area (Å²) in [6.45, 7) is 8.09. The van der Waals surface area contributed by atoms with Crippen LogP contribution in [0.1, 0.15) is 40.2 Å². The average Bonchev–Trinajstić information content (AvgIpc) is 3.28. The summed E-state index contributed by atoms with van der Waals surface area (Å²) in [5.41, 5.74) is 1.75. The molecule has 0 bridgehead atoms. The van der Waals surface area contributed by atoms with Crippen LogP contribution in [0.15, 0.2) is 87.5 Å². The van der Waals surface area contributed by atoms with Crippen molar-refractivity contribution in [2.75, 3.05) is 17.9 Å². The second-order valence-corrected chi connectivity index (χ2v) is 16.4. The predicted octanol–water partition coefficient (Wildman–Crippen LogP) is 5.52. The van der Waals surface area contributed by atoms with E-state index in [0.717, 1.165) is 11.8 Å². The van der Waals surface area contributed by atoms with Gasteiger partial charge in [-0.3, -0.25) is 19.2 Å². The summed E-state index contributed by atoms with van der Waals surface area (Å²) < 4.78 is 66.2. The standard InChI is InChI=1S/C32H33N3O9S4/c1-6-43-27(36)19-35-29(37)28(46-31(35)45)20(2)23-8-7-9-24(18-23)33-47(39,40)25-14-10-21(11-15-25)22-12-16-26(17-13-22)48(41,42)34-30(38)44-32(3,4)5/h7-18,33H,6,19H2,1-5H3,(H,34,38)/b28-20-. The summed E-state index contributed by atoms with van der Waals surface area (Å²) >= 11 is 6.35. The fraction of sp³-hybridized carbons (Fsp3) is 0.250. The van der Waals surface area contributed by atoms with E-state index in [1.165, 1.54) is 41.3 Å². The summed E-state index contributed by atoms with van der Waals surface area (Å²) in [4.78, 5) is 38.2. The number of rotatable bonds is 10. The lowest BCUT2D eigenvalue weighted by Crippen LogP contribution is -2.36. The second-order valence-electron chi connectivity index (χ2n) is 11.4. The molecule has 0 aromatic heterocycles. The van der Waals surface area contributed by atoms with Crippen LogP contribution in [0, 0.1) is 0 Å². The lowest BCUT2D eigenvalue weighted by atomic mass is 10.1. The summed E-state index contributed by atoms with van der Waals surface area (Å²) in [5, 5.41) is 0. The van der Waals surface area contributed by atoms with Crippen molar-refractivity contribution in [3.63, 3.8) is 0 Å². The van der Waals surface area contributed by atoms with Crippen LogP contribution < -0.4 is 9.44 Å². The zero-order valence-electron chi connectivity index (χ0n) is 26.6. The Bertz CT molecular complexity index is 2000. The number of nitrogens with zero attached hydrogens (tertiary/aromatic N) is 1. The Hall–Kier alpha value is -4.25. The number of thiocarbonyl (C=S) groups is 1. The van der Waals surface area contributed by atoms with E-state index in [0.29, 0.717) is 27.2 Å². The van der Waals surface area contributed by atoms with Crippen LogP contribution in [0.4, 0.5) is 10.5 Å². The topological polar surface area (TPSA) is 165 Å². The first-order valence-corrected chi connectivity index (χ1v) is 18.6. The lowest BCUT2D eigenvalue weighted by Gasteiger charge is -2.19. The third-order valence-corrected chi connectivity index (χ3v) is 10.9. The molecule has 48 heavy (non-hydrogen) atoms. The zero-order valence-corrected chi connectivity index (χ0v) is 29.9. The summed E-state index contributed by atoms with van der Waals surface area (Å²) in [7, 11) is -8.19. The number of hydrogen-bond donors (Lipinski definition) is 2. The Labute approximate surface area is 289 Å². The van der Waals surface area contributed by atoms with Gasteiger partial charge in [0.25, 0.3) is 26.0 Å². The molecular weight excluding hydrogens is 699 g/mol. The molecule has 16 heteroatoms. The van der Waals surface area contributed by atoms with Crippen LogP contribution in [-0.4, -0.2) is 62.8 Å². The minimum absolute atomic E-state index is 0.0195. The fourth-order valence-electron chi connectivity index (χ4n) is 4.38. The molecular formula is C32H33N3O9S4. The zero-order chi connectivity index (χ0) is 35.4. The van der Waals surface area contributed by atoms with Crippen molar-refractivity contribution < 1.29 is 40.7 Å². The molecule has 12 nitrogen and oxygen atoms in total. The van der Waals surface area contributed by atoms with Gasteiger partial charge in [-0.05, 0) is 93.3 Å². The molecule has 3 aromatic rings. The number of hydrogen-bond acceptors (Lipinski definition) is 11. The molecule has 0 spiro atoms. The number of benzene rings is 3. The van der Waals surface area contributed by atoms with E-state index in [2.05, 4.69) is 4.72 Å². The minimum atomic E-state index is -4.17. The smallest absolute Gasteiger partial charge is 0.421 e. The van der Waals surface area contributed by atoms with Gasteiger partial charge in [-0.2, -0.15) is 0 Å². The van der Waals surface area contributed by atoms with Gasteiger partial charge in [-0.25, -0.2) is 26.4 Å². The first-order valence-electron chi connectivity index (χ1n) is 14.4. The quantitative estimate of drug-likeness (QED) is 0.153. The Morgan fingerprint density at radius 3 is 2.00 bits per heavy atom. The van der Waals surface area contributed by atoms with E-state index < -0.39 is 43.6 Å². The Balaban J connectivity index is 1.47. The molecule has 1 heterocycles.